The first-order chi connectivity index (χ1) is 11.6. The summed E-state index contributed by atoms with van der Waals surface area (Å²) >= 11 is 0. The van der Waals surface area contributed by atoms with E-state index in [0.717, 1.165) is 5.56 Å². The molecule has 0 unspecified atom stereocenters. The minimum atomic E-state index is -0.998. The van der Waals surface area contributed by atoms with Gasteiger partial charge in [-0.25, -0.2) is 4.98 Å². The van der Waals surface area contributed by atoms with Crippen molar-refractivity contribution in [1.29, 1.82) is 0 Å². The molecule has 0 saturated carbocycles. The summed E-state index contributed by atoms with van der Waals surface area (Å²) in [6, 6.07) is 11.1. The van der Waals surface area contributed by atoms with Crippen LogP contribution in [0.5, 0.6) is 17.4 Å². The van der Waals surface area contributed by atoms with E-state index in [9.17, 15) is 5.11 Å². The van der Waals surface area contributed by atoms with E-state index in [2.05, 4.69) is 4.98 Å². The first kappa shape index (κ1) is 21.0. The second-order valence-corrected chi connectivity index (χ2v) is 6.51. The molecule has 0 aliphatic carbocycles. The zero-order valence-corrected chi connectivity index (χ0v) is 15.2. The molecule has 6 nitrogen and oxygen atoms in total. The van der Waals surface area contributed by atoms with Gasteiger partial charge in [-0.05, 0) is 58.4 Å². The Kier molecular flexibility index (Phi) is 7.42. The third kappa shape index (κ3) is 6.38. The highest BCUT2D eigenvalue weighted by Gasteiger charge is 2.38. The lowest BCUT2D eigenvalue weighted by molar-refractivity contribution is -0.0912. The number of hydrogen-bond acceptors (Lipinski definition) is 6. The fraction of sp³-hybridized carbons (Fsp3) is 0.389. The maximum Gasteiger partial charge on any atom is 0.482 e. The van der Waals surface area contributed by atoms with Crippen LogP contribution in [0.4, 0.5) is 0 Å². The third-order valence-electron chi connectivity index (χ3n) is 3.79. The molecule has 0 spiro atoms. The van der Waals surface area contributed by atoms with E-state index in [4.69, 9.17) is 19.5 Å². The van der Waals surface area contributed by atoms with Crippen LogP contribution in [0.15, 0.2) is 42.6 Å². The molecule has 3 N–H and O–H groups in total. The van der Waals surface area contributed by atoms with E-state index in [1.807, 2.05) is 57.2 Å². The monoisotopic (exact) mass is 346 g/mol. The lowest BCUT2D eigenvalue weighted by atomic mass is 9.89. The lowest BCUT2D eigenvalue weighted by Gasteiger charge is -2.37. The van der Waals surface area contributed by atoms with Gasteiger partial charge < -0.3 is 24.6 Å². The van der Waals surface area contributed by atoms with E-state index < -0.39 is 11.2 Å². The average molecular weight is 346 g/mol. The van der Waals surface area contributed by atoms with Crippen molar-refractivity contribution >= 4 is 7.69 Å². The Morgan fingerprint density at radius 3 is 2.08 bits per heavy atom. The number of nitrogens with zero attached hydrogens (tertiary/aromatic N) is 1. The van der Waals surface area contributed by atoms with Crippen LogP contribution in [0.3, 0.4) is 0 Å². The molecule has 0 atom stereocenters. The van der Waals surface area contributed by atoms with Crippen LogP contribution in [0.25, 0.3) is 0 Å². The maximum atomic E-state index is 10.2. The smallest absolute Gasteiger partial charge is 0.481 e. The van der Waals surface area contributed by atoms with E-state index in [0.29, 0.717) is 17.4 Å². The van der Waals surface area contributed by atoms with Crippen LogP contribution < -0.4 is 9.47 Å². The number of pyridine rings is 1. The first-order valence-electron chi connectivity index (χ1n) is 7.82. The van der Waals surface area contributed by atoms with Gasteiger partial charge in [0.25, 0.3) is 0 Å². The van der Waals surface area contributed by atoms with Crippen molar-refractivity contribution in [3.05, 3.63) is 48.2 Å². The number of benzene rings is 1. The number of rotatable bonds is 5. The standard InChI is InChI=1S/C18H23NO3.BH2O2/c1-13-10-11-19-16(12-13)21-14-8-6-7-9-15(14)22-18(4,5)17(2,3)20;2-1-3/h6-12,20H,1-5H3;2-3H. The first-order valence-corrected chi connectivity index (χ1v) is 7.82. The van der Waals surface area contributed by atoms with Crippen molar-refractivity contribution in [2.75, 3.05) is 0 Å². The Morgan fingerprint density at radius 2 is 1.56 bits per heavy atom. The highest BCUT2D eigenvalue weighted by molar-refractivity contribution is 6.13. The molecule has 2 rings (SSSR count). The van der Waals surface area contributed by atoms with Crippen LogP contribution in [0.1, 0.15) is 33.3 Å². The van der Waals surface area contributed by atoms with E-state index in [-0.39, 0.29) is 7.69 Å². The van der Waals surface area contributed by atoms with Crippen LogP contribution in [-0.4, -0.2) is 39.0 Å². The molecular formula is C18H25BNO5. The second kappa shape index (κ2) is 8.85. The fourth-order valence-electron chi connectivity index (χ4n) is 1.70. The lowest BCUT2D eigenvalue weighted by Crippen LogP contribution is -2.49. The molecule has 135 valence electrons. The van der Waals surface area contributed by atoms with Crippen molar-refractivity contribution in [3.63, 3.8) is 0 Å². The second-order valence-electron chi connectivity index (χ2n) is 6.51. The molecule has 0 saturated heterocycles. The summed E-state index contributed by atoms with van der Waals surface area (Å²) in [5.41, 5.74) is -0.700. The van der Waals surface area contributed by atoms with Gasteiger partial charge in [-0.3, -0.25) is 0 Å². The van der Waals surface area contributed by atoms with E-state index >= 15 is 0 Å². The molecule has 1 heterocycles. The van der Waals surface area contributed by atoms with Crippen molar-refractivity contribution in [2.45, 2.75) is 45.8 Å². The molecule has 0 aliphatic rings. The number of aromatic nitrogens is 1. The summed E-state index contributed by atoms with van der Waals surface area (Å²) in [6.45, 7) is 9.11. The largest absolute Gasteiger partial charge is 0.482 e. The molecule has 25 heavy (non-hydrogen) atoms. The zero-order valence-electron chi connectivity index (χ0n) is 15.2. The van der Waals surface area contributed by atoms with Crippen LogP contribution in [0, 0.1) is 6.92 Å². The van der Waals surface area contributed by atoms with Crippen LogP contribution >= 0.6 is 0 Å². The summed E-state index contributed by atoms with van der Waals surface area (Å²) in [4.78, 5) is 4.19. The summed E-state index contributed by atoms with van der Waals surface area (Å²) in [7, 11) is 0. The molecule has 2 aromatic rings. The molecule has 1 aromatic carbocycles. The molecule has 1 aromatic heterocycles. The van der Waals surface area contributed by atoms with E-state index in [1.165, 1.54) is 0 Å². The highest BCUT2D eigenvalue weighted by Crippen LogP contribution is 2.35. The predicted octanol–water partition coefficient (Wildman–Crippen LogP) is 2.62. The Balaban J connectivity index is 0.000000970. The number of hydrogen-bond donors (Lipinski definition) is 3. The van der Waals surface area contributed by atoms with Gasteiger partial charge in [-0.2, -0.15) is 0 Å². The van der Waals surface area contributed by atoms with Gasteiger partial charge >= 0.3 is 7.69 Å². The van der Waals surface area contributed by atoms with Gasteiger partial charge in [0, 0.05) is 12.3 Å². The highest BCUT2D eigenvalue weighted by atomic mass is 16.5. The Labute approximate surface area is 149 Å². The molecule has 0 fully saturated rings. The molecule has 0 aliphatic heterocycles. The maximum absolute atomic E-state index is 10.2. The van der Waals surface area contributed by atoms with Crippen molar-refractivity contribution in [3.8, 4) is 17.4 Å². The summed E-state index contributed by atoms with van der Waals surface area (Å²) in [6.07, 6.45) is 1.70. The Morgan fingerprint density at radius 1 is 1.00 bits per heavy atom. The number of aliphatic hydroxyl groups is 1. The normalized spacial score (nSPS) is 11.2. The number of para-hydroxylation sites is 2. The van der Waals surface area contributed by atoms with E-state index in [1.54, 1.807) is 20.0 Å². The van der Waals surface area contributed by atoms with Gasteiger partial charge in [0.15, 0.2) is 11.5 Å². The molecular weight excluding hydrogens is 321 g/mol. The van der Waals surface area contributed by atoms with Crippen molar-refractivity contribution in [1.82, 2.24) is 4.98 Å². The molecule has 1 radical (unpaired) electrons. The van der Waals surface area contributed by atoms with Crippen LogP contribution in [-0.2, 0) is 0 Å². The van der Waals surface area contributed by atoms with Gasteiger partial charge in [0.2, 0.25) is 5.88 Å². The summed E-state index contributed by atoms with van der Waals surface area (Å²) < 4.78 is 11.8. The zero-order chi connectivity index (χ0) is 19.1. The Bertz CT molecular complexity index is 671. The molecule has 7 heteroatoms. The SMILES string of the molecule is Cc1ccnc(Oc2ccccc2OC(C)(C)C(C)(C)O)c1.O[B]O. The average Bonchev–Trinajstić information content (AvgIpc) is 2.49. The van der Waals surface area contributed by atoms with Gasteiger partial charge in [0.05, 0.1) is 5.60 Å². The van der Waals surface area contributed by atoms with Crippen molar-refractivity contribution in [2.24, 2.45) is 0 Å². The Hall–Kier alpha value is -2.09. The quantitative estimate of drug-likeness (QED) is 0.721. The summed E-state index contributed by atoms with van der Waals surface area (Å²) in [5.74, 6) is 1.65. The van der Waals surface area contributed by atoms with Gasteiger partial charge in [-0.15, -0.1) is 0 Å². The van der Waals surface area contributed by atoms with Gasteiger partial charge in [-0.1, -0.05) is 12.1 Å². The number of aryl methyl sites for hydroxylation is 1. The summed E-state index contributed by atoms with van der Waals surface area (Å²) in [5, 5.41) is 24.2. The minimum Gasteiger partial charge on any atom is -0.481 e. The molecule has 0 bridgehead atoms. The predicted molar refractivity (Wildman–Crippen MR) is 96.7 cm³/mol. The van der Waals surface area contributed by atoms with Gasteiger partial charge in [0.1, 0.15) is 5.60 Å². The topological polar surface area (TPSA) is 92.0 Å². The van der Waals surface area contributed by atoms with Crippen LogP contribution in [0.2, 0.25) is 0 Å². The fourth-order valence-corrected chi connectivity index (χ4v) is 1.70. The molecule has 0 amide bonds. The minimum absolute atomic E-state index is 0. The van der Waals surface area contributed by atoms with Crippen molar-refractivity contribution < 1.29 is 24.6 Å². The number of ether oxygens (including phenoxy) is 2. The third-order valence-corrected chi connectivity index (χ3v) is 3.79.